The first kappa shape index (κ1) is 15.1. The maximum Gasteiger partial charge on any atom is 0.328 e. The molecule has 102 valence electrons. The lowest BCUT2D eigenvalue weighted by atomic mass is 10.0. The molecule has 0 aromatic carbocycles. The third kappa shape index (κ3) is 4.40. The van der Waals surface area contributed by atoms with Gasteiger partial charge in [0.25, 0.3) is 0 Å². The molecule has 0 amide bonds. The van der Waals surface area contributed by atoms with E-state index in [1.807, 2.05) is 31.4 Å². The van der Waals surface area contributed by atoms with Crippen LogP contribution in [0, 0.1) is 0 Å². The van der Waals surface area contributed by atoms with Crippen molar-refractivity contribution in [1.82, 2.24) is 5.32 Å². The zero-order valence-corrected chi connectivity index (χ0v) is 12.0. The van der Waals surface area contributed by atoms with E-state index in [2.05, 4.69) is 5.32 Å². The van der Waals surface area contributed by atoms with E-state index in [1.54, 1.807) is 18.3 Å². The monoisotopic (exact) mass is 271 g/mol. The molecular weight excluding hydrogens is 250 g/mol. The maximum atomic E-state index is 12.0. The predicted molar refractivity (Wildman–Crippen MR) is 72.7 cm³/mol. The molecule has 1 heterocycles. The van der Waals surface area contributed by atoms with E-state index in [1.165, 1.54) is 4.88 Å². The number of thiophene rings is 1. The first-order valence-corrected chi connectivity index (χ1v) is 7.02. The van der Waals surface area contributed by atoms with Crippen LogP contribution in [0.1, 0.15) is 25.6 Å². The number of esters is 1. The van der Waals surface area contributed by atoms with Gasteiger partial charge in [-0.05, 0) is 32.2 Å². The van der Waals surface area contributed by atoms with Gasteiger partial charge in [0, 0.05) is 18.0 Å². The summed E-state index contributed by atoms with van der Waals surface area (Å²) in [6, 6.07) is 4.02. The average molecular weight is 271 g/mol. The van der Waals surface area contributed by atoms with Gasteiger partial charge in [-0.1, -0.05) is 6.07 Å². The summed E-state index contributed by atoms with van der Waals surface area (Å²) in [4.78, 5) is 13.2. The van der Waals surface area contributed by atoms with E-state index in [9.17, 15) is 4.79 Å². The summed E-state index contributed by atoms with van der Waals surface area (Å²) < 4.78 is 10.5. The second-order valence-electron chi connectivity index (χ2n) is 4.12. The molecule has 1 N–H and O–H groups in total. The number of ether oxygens (including phenoxy) is 2. The van der Waals surface area contributed by atoms with Crippen molar-refractivity contribution in [2.75, 3.05) is 19.8 Å². The van der Waals surface area contributed by atoms with Crippen molar-refractivity contribution in [2.45, 2.75) is 32.9 Å². The van der Waals surface area contributed by atoms with E-state index in [-0.39, 0.29) is 5.97 Å². The summed E-state index contributed by atoms with van der Waals surface area (Å²) in [5.41, 5.74) is -0.796. The van der Waals surface area contributed by atoms with Crippen molar-refractivity contribution >= 4 is 17.3 Å². The van der Waals surface area contributed by atoms with Crippen LogP contribution in [0.3, 0.4) is 0 Å². The normalized spacial score (nSPS) is 14.2. The Morgan fingerprint density at radius 3 is 2.78 bits per heavy atom. The highest BCUT2D eigenvalue weighted by Crippen LogP contribution is 2.13. The predicted octanol–water partition coefficient (Wildman–Crippen LogP) is 2.20. The molecule has 0 aliphatic heterocycles. The molecule has 18 heavy (non-hydrogen) atoms. The molecule has 0 aliphatic rings. The zero-order chi connectivity index (χ0) is 13.4. The van der Waals surface area contributed by atoms with Gasteiger partial charge >= 0.3 is 5.97 Å². The van der Waals surface area contributed by atoms with Crippen molar-refractivity contribution in [3.63, 3.8) is 0 Å². The fourth-order valence-corrected chi connectivity index (χ4v) is 2.12. The first-order valence-electron chi connectivity index (χ1n) is 6.14. The van der Waals surface area contributed by atoms with Gasteiger partial charge in [0.1, 0.15) is 5.54 Å². The highest BCUT2D eigenvalue weighted by Gasteiger charge is 2.34. The van der Waals surface area contributed by atoms with Crippen LogP contribution in [-0.4, -0.2) is 31.3 Å². The van der Waals surface area contributed by atoms with Crippen LogP contribution in [-0.2, 0) is 20.8 Å². The summed E-state index contributed by atoms with van der Waals surface area (Å²) in [6.07, 6.45) is 0. The van der Waals surface area contributed by atoms with Gasteiger partial charge in [0.15, 0.2) is 0 Å². The molecule has 0 saturated heterocycles. The Balaban J connectivity index is 2.61. The van der Waals surface area contributed by atoms with Crippen LogP contribution in [0.5, 0.6) is 0 Å². The summed E-state index contributed by atoms with van der Waals surface area (Å²) >= 11 is 1.66. The van der Waals surface area contributed by atoms with Gasteiger partial charge < -0.3 is 9.47 Å². The standard InChI is InChI=1S/C13H21NO3S/c1-4-16-10-13(3,12(15)17-5-2)14-9-11-7-6-8-18-11/h6-8,14H,4-5,9-10H2,1-3H3. The Bertz CT molecular complexity index is 353. The highest BCUT2D eigenvalue weighted by atomic mass is 32.1. The molecule has 0 aliphatic carbocycles. The minimum absolute atomic E-state index is 0.269. The molecule has 0 radical (unpaired) electrons. The first-order chi connectivity index (χ1) is 8.62. The van der Waals surface area contributed by atoms with Crippen molar-refractivity contribution in [3.8, 4) is 0 Å². The van der Waals surface area contributed by atoms with Crippen LogP contribution < -0.4 is 5.32 Å². The van der Waals surface area contributed by atoms with Crippen LogP contribution >= 0.6 is 11.3 Å². The SMILES string of the molecule is CCOCC(C)(NCc1cccs1)C(=O)OCC. The molecular formula is C13H21NO3S. The fourth-order valence-electron chi connectivity index (χ4n) is 1.47. The van der Waals surface area contributed by atoms with Gasteiger partial charge in [-0.15, -0.1) is 11.3 Å². The van der Waals surface area contributed by atoms with Crippen LogP contribution in [0.15, 0.2) is 17.5 Å². The Hall–Kier alpha value is -0.910. The van der Waals surface area contributed by atoms with Gasteiger partial charge in [-0.2, -0.15) is 0 Å². The average Bonchev–Trinajstić information content (AvgIpc) is 2.87. The Morgan fingerprint density at radius 2 is 2.22 bits per heavy atom. The Morgan fingerprint density at radius 1 is 1.44 bits per heavy atom. The lowest BCUT2D eigenvalue weighted by Gasteiger charge is -2.28. The molecule has 1 rings (SSSR count). The van der Waals surface area contributed by atoms with Crippen LogP contribution in [0.25, 0.3) is 0 Å². The lowest BCUT2D eigenvalue weighted by Crippen LogP contribution is -2.53. The number of hydrogen-bond acceptors (Lipinski definition) is 5. The maximum absolute atomic E-state index is 12.0. The minimum atomic E-state index is -0.796. The fraction of sp³-hybridized carbons (Fsp3) is 0.615. The van der Waals surface area contributed by atoms with Gasteiger partial charge in [0.2, 0.25) is 0 Å². The van der Waals surface area contributed by atoms with Crippen molar-refractivity contribution in [3.05, 3.63) is 22.4 Å². The molecule has 1 aromatic heterocycles. The molecule has 1 unspecified atom stereocenters. The number of carbonyl (C=O) groups excluding carboxylic acids is 1. The third-order valence-electron chi connectivity index (χ3n) is 2.55. The summed E-state index contributed by atoms with van der Waals surface area (Å²) in [7, 11) is 0. The number of rotatable bonds is 8. The van der Waals surface area contributed by atoms with Crippen LogP contribution in [0.2, 0.25) is 0 Å². The summed E-state index contributed by atoms with van der Waals surface area (Å²) in [6.45, 7) is 7.43. The molecule has 0 fully saturated rings. The second kappa shape index (κ2) is 7.51. The Labute approximate surface area is 112 Å². The summed E-state index contributed by atoms with van der Waals surface area (Å²) in [5, 5.41) is 5.24. The van der Waals surface area contributed by atoms with E-state index in [0.717, 1.165) is 0 Å². The molecule has 0 spiro atoms. The van der Waals surface area contributed by atoms with E-state index >= 15 is 0 Å². The van der Waals surface area contributed by atoms with Crippen molar-refractivity contribution in [2.24, 2.45) is 0 Å². The number of hydrogen-bond donors (Lipinski definition) is 1. The minimum Gasteiger partial charge on any atom is -0.465 e. The molecule has 1 atom stereocenters. The third-order valence-corrected chi connectivity index (χ3v) is 3.43. The number of carbonyl (C=O) groups is 1. The Kier molecular flexibility index (Phi) is 6.32. The topological polar surface area (TPSA) is 47.6 Å². The lowest BCUT2D eigenvalue weighted by molar-refractivity contribution is -0.153. The second-order valence-corrected chi connectivity index (χ2v) is 5.15. The molecule has 0 saturated carbocycles. The van der Waals surface area contributed by atoms with Crippen LogP contribution in [0.4, 0.5) is 0 Å². The molecule has 1 aromatic rings. The van der Waals surface area contributed by atoms with Gasteiger partial charge in [0.05, 0.1) is 13.2 Å². The quantitative estimate of drug-likeness (QED) is 0.736. The van der Waals surface area contributed by atoms with Gasteiger partial charge in [-0.3, -0.25) is 5.32 Å². The zero-order valence-electron chi connectivity index (χ0n) is 11.2. The van der Waals surface area contributed by atoms with Gasteiger partial charge in [-0.25, -0.2) is 4.79 Å². The molecule has 5 heteroatoms. The van der Waals surface area contributed by atoms with E-state index < -0.39 is 5.54 Å². The largest absolute Gasteiger partial charge is 0.465 e. The van der Waals surface area contributed by atoms with Crippen molar-refractivity contribution in [1.29, 1.82) is 0 Å². The van der Waals surface area contributed by atoms with Crippen molar-refractivity contribution < 1.29 is 14.3 Å². The van der Waals surface area contributed by atoms with E-state index in [0.29, 0.717) is 26.4 Å². The number of nitrogens with one attached hydrogen (secondary N) is 1. The summed E-state index contributed by atoms with van der Waals surface area (Å²) in [5.74, 6) is -0.269. The smallest absolute Gasteiger partial charge is 0.328 e. The molecule has 0 bridgehead atoms. The molecule has 4 nitrogen and oxygen atoms in total. The van der Waals surface area contributed by atoms with E-state index in [4.69, 9.17) is 9.47 Å². The highest BCUT2D eigenvalue weighted by molar-refractivity contribution is 7.09.